The number of hydrogen-bond acceptors (Lipinski definition) is 4. The van der Waals surface area contributed by atoms with E-state index < -0.39 is 0 Å². The summed E-state index contributed by atoms with van der Waals surface area (Å²) in [6, 6.07) is 1.12. The maximum absolute atomic E-state index is 4.19. The highest BCUT2D eigenvalue weighted by Gasteiger charge is 2.13. The van der Waals surface area contributed by atoms with Crippen molar-refractivity contribution in [3.63, 3.8) is 0 Å². The van der Waals surface area contributed by atoms with Gasteiger partial charge in [0.15, 0.2) is 0 Å². The topological polar surface area (TPSA) is 61.4 Å². The molecule has 0 aliphatic carbocycles. The highest BCUT2D eigenvalue weighted by Crippen LogP contribution is 2.22. The Bertz CT molecular complexity index is 632. The first-order chi connectivity index (χ1) is 14.6. The number of nitrogens with zero attached hydrogens (tertiary/aromatic N) is 6. The quantitative estimate of drug-likeness (QED) is 0.331. The molecule has 0 aliphatic heterocycles. The van der Waals surface area contributed by atoms with Gasteiger partial charge >= 0.3 is 0 Å². The lowest BCUT2D eigenvalue weighted by atomic mass is 10.0. The lowest BCUT2D eigenvalue weighted by Crippen LogP contribution is -2.12. The highest BCUT2D eigenvalue weighted by molar-refractivity contribution is 4.91. The van der Waals surface area contributed by atoms with E-state index in [0.29, 0.717) is 12.1 Å². The molecule has 0 N–H and O–H groups in total. The van der Waals surface area contributed by atoms with E-state index in [1.807, 2.05) is 13.1 Å². The van der Waals surface area contributed by atoms with Gasteiger partial charge in [-0.3, -0.25) is 0 Å². The molecule has 0 amide bonds. The van der Waals surface area contributed by atoms with Crippen LogP contribution in [0.1, 0.15) is 128 Å². The van der Waals surface area contributed by atoms with Crippen LogP contribution < -0.4 is 0 Å². The lowest BCUT2D eigenvalue weighted by Gasteiger charge is -2.17. The first-order valence-corrected chi connectivity index (χ1v) is 12.3. The van der Waals surface area contributed by atoms with Crippen LogP contribution in [0.4, 0.5) is 0 Å². The third-order valence-electron chi connectivity index (χ3n) is 5.66. The predicted octanol–water partition coefficient (Wildman–Crippen LogP) is 7.02. The number of aryl methyl sites for hydroxylation is 2. The number of hydrogen-bond donors (Lipinski definition) is 0. The molecule has 0 fully saturated rings. The van der Waals surface area contributed by atoms with Crippen molar-refractivity contribution in [3.05, 3.63) is 23.8 Å². The fraction of sp³-hybridized carbons (Fsp3) is 0.833. The van der Waals surface area contributed by atoms with Crippen LogP contribution in [-0.2, 0) is 0 Å². The van der Waals surface area contributed by atoms with Crippen molar-refractivity contribution in [2.45, 2.75) is 131 Å². The zero-order chi connectivity index (χ0) is 22.2. The van der Waals surface area contributed by atoms with Crippen LogP contribution in [0.15, 0.2) is 12.4 Å². The molecule has 0 saturated carbocycles. The Morgan fingerprint density at radius 1 is 0.733 bits per heavy atom. The third-order valence-corrected chi connectivity index (χ3v) is 5.66. The molecule has 0 atom stereocenters. The molecule has 6 nitrogen and oxygen atoms in total. The maximum atomic E-state index is 4.19. The lowest BCUT2D eigenvalue weighted by molar-refractivity contribution is 0.364. The highest BCUT2D eigenvalue weighted by atomic mass is 15.4. The molecule has 172 valence electrons. The summed E-state index contributed by atoms with van der Waals surface area (Å²) in [5, 5.41) is 16.4. The van der Waals surface area contributed by atoms with Crippen LogP contribution in [0.3, 0.4) is 0 Å². The average Bonchev–Trinajstić information content (AvgIpc) is 3.37. The van der Waals surface area contributed by atoms with E-state index >= 15 is 0 Å². The standard InChI is InChI=1S/2C12H23N3/c1-4-6-8-12(9-7-5-2)15-10-11(3)13-14-15;1-4-6-8-12(9-7-5-2)15-11(3)10-13-14-15/h2*10,12H,4-9H2,1-3H3. The Kier molecular flexibility index (Phi) is 14.1. The van der Waals surface area contributed by atoms with Crippen LogP contribution in [0, 0.1) is 13.8 Å². The molecule has 0 spiro atoms. The molecule has 6 heteroatoms. The molecule has 2 aromatic heterocycles. The van der Waals surface area contributed by atoms with Gasteiger partial charge in [-0.25, -0.2) is 9.36 Å². The average molecular weight is 419 g/mol. The van der Waals surface area contributed by atoms with Crippen molar-refractivity contribution in [1.29, 1.82) is 0 Å². The van der Waals surface area contributed by atoms with Gasteiger partial charge in [0, 0.05) is 6.20 Å². The zero-order valence-corrected chi connectivity index (χ0v) is 20.5. The van der Waals surface area contributed by atoms with Gasteiger partial charge in [-0.1, -0.05) is 89.5 Å². The first kappa shape index (κ1) is 26.3. The van der Waals surface area contributed by atoms with Crippen molar-refractivity contribution < 1.29 is 0 Å². The molecule has 30 heavy (non-hydrogen) atoms. The van der Waals surface area contributed by atoms with Gasteiger partial charge in [0.1, 0.15) is 0 Å². The summed E-state index contributed by atoms with van der Waals surface area (Å²) in [7, 11) is 0. The number of aromatic nitrogens is 6. The molecule has 0 bridgehead atoms. The van der Waals surface area contributed by atoms with E-state index in [4.69, 9.17) is 0 Å². The monoisotopic (exact) mass is 418 g/mol. The predicted molar refractivity (Wildman–Crippen MR) is 126 cm³/mol. The van der Waals surface area contributed by atoms with Gasteiger partial charge in [0.05, 0.1) is 29.7 Å². The summed E-state index contributed by atoms with van der Waals surface area (Å²) in [4.78, 5) is 0. The van der Waals surface area contributed by atoms with E-state index in [0.717, 1.165) is 5.69 Å². The normalized spacial score (nSPS) is 11.2. The van der Waals surface area contributed by atoms with Crippen molar-refractivity contribution in [2.75, 3.05) is 0 Å². The van der Waals surface area contributed by atoms with Crippen molar-refractivity contribution in [1.82, 2.24) is 30.0 Å². The molecule has 2 aromatic rings. The summed E-state index contributed by atoms with van der Waals surface area (Å²) in [6.45, 7) is 13.0. The Hall–Kier alpha value is -1.72. The Labute approximate surface area is 184 Å². The van der Waals surface area contributed by atoms with Crippen molar-refractivity contribution in [3.8, 4) is 0 Å². The van der Waals surface area contributed by atoms with E-state index in [2.05, 4.69) is 70.8 Å². The van der Waals surface area contributed by atoms with Gasteiger partial charge in [-0.05, 0) is 39.5 Å². The minimum absolute atomic E-state index is 0.561. The Morgan fingerprint density at radius 3 is 1.60 bits per heavy atom. The maximum Gasteiger partial charge on any atom is 0.0796 e. The smallest absolute Gasteiger partial charge is 0.0796 e. The van der Waals surface area contributed by atoms with Gasteiger partial charge in [-0.2, -0.15) is 0 Å². The van der Waals surface area contributed by atoms with Gasteiger partial charge in [0.2, 0.25) is 0 Å². The van der Waals surface area contributed by atoms with Crippen molar-refractivity contribution in [2.24, 2.45) is 0 Å². The summed E-state index contributed by atoms with van der Waals surface area (Å²) >= 11 is 0. The van der Waals surface area contributed by atoms with Crippen LogP contribution >= 0.6 is 0 Å². The SMILES string of the molecule is CCCCC(CCCC)n1cc(C)nn1.CCCCC(CCCC)n1nncc1C. The van der Waals surface area contributed by atoms with Crippen molar-refractivity contribution >= 4 is 0 Å². The fourth-order valence-electron chi connectivity index (χ4n) is 3.76. The van der Waals surface area contributed by atoms with E-state index in [9.17, 15) is 0 Å². The Balaban J connectivity index is 0.000000300. The summed E-state index contributed by atoms with van der Waals surface area (Å²) in [5.74, 6) is 0. The molecular formula is C24H46N6. The minimum Gasteiger partial charge on any atom is -0.249 e. The van der Waals surface area contributed by atoms with Crippen LogP contribution in [0.2, 0.25) is 0 Å². The molecule has 2 rings (SSSR count). The third kappa shape index (κ3) is 9.86. The second-order valence-electron chi connectivity index (χ2n) is 8.54. The van der Waals surface area contributed by atoms with E-state index in [1.54, 1.807) is 0 Å². The second-order valence-corrected chi connectivity index (χ2v) is 8.54. The van der Waals surface area contributed by atoms with E-state index in [1.165, 1.54) is 82.7 Å². The zero-order valence-electron chi connectivity index (χ0n) is 20.5. The summed E-state index contributed by atoms with van der Waals surface area (Å²) in [6.07, 6.45) is 19.0. The van der Waals surface area contributed by atoms with Crippen LogP contribution in [-0.4, -0.2) is 30.0 Å². The largest absolute Gasteiger partial charge is 0.249 e. The van der Waals surface area contributed by atoms with Crippen LogP contribution in [0.5, 0.6) is 0 Å². The van der Waals surface area contributed by atoms with Gasteiger partial charge in [-0.15, -0.1) is 10.2 Å². The summed E-state index contributed by atoms with van der Waals surface area (Å²) in [5.41, 5.74) is 2.21. The Morgan fingerprint density at radius 2 is 1.23 bits per heavy atom. The fourth-order valence-corrected chi connectivity index (χ4v) is 3.76. The molecular weight excluding hydrogens is 372 g/mol. The molecule has 0 aromatic carbocycles. The molecule has 0 unspecified atom stereocenters. The molecule has 2 heterocycles. The van der Waals surface area contributed by atoms with Gasteiger partial charge < -0.3 is 0 Å². The molecule has 0 saturated heterocycles. The number of rotatable bonds is 14. The minimum atomic E-state index is 0.561. The second kappa shape index (κ2) is 16.0. The van der Waals surface area contributed by atoms with E-state index in [-0.39, 0.29) is 0 Å². The number of unbranched alkanes of at least 4 members (excludes halogenated alkanes) is 4. The first-order valence-electron chi connectivity index (χ1n) is 12.3. The summed E-state index contributed by atoms with van der Waals surface area (Å²) < 4.78 is 4.16. The molecule has 0 aliphatic rings. The van der Waals surface area contributed by atoms with Crippen LogP contribution in [0.25, 0.3) is 0 Å². The molecule has 0 radical (unpaired) electrons. The van der Waals surface area contributed by atoms with Gasteiger partial charge in [0.25, 0.3) is 0 Å².